The molecule has 0 spiro atoms. The molecule has 0 heterocycles. The second-order valence-corrected chi connectivity index (χ2v) is 19.4. The Morgan fingerprint density at radius 1 is 0.933 bits per heavy atom. The molecule has 0 aliphatic carbocycles. The number of alkyl halides is 3. The molecule has 0 rings (SSSR count). The lowest BCUT2D eigenvalue weighted by Gasteiger charge is -2.19. The van der Waals surface area contributed by atoms with E-state index in [1.807, 2.05) is 0 Å². The zero-order valence-corrected chi connectivity index (χ0v) is 13.0. The van der Waals surface area contributed by atoms with Gasteiger partial charge in [-0.15, -0.1) is 44.3 Å². The molecular formula is C6H11Cl4F3Si2. The van der Waals surface area contributed by atoms with Crippen molar-refractivity contribution in [3.63, 3.8) is 0 Å². The first-order valence-corrected chi connectivity index (χ1v) is 13.4. The number of halogens is 7. The first kappa shape index (κ1) is 16.4. The van der Waals surface area contributed by atoms with Crippen molar-refractivity contribution >= 4 is 57.7 Å². The Labute approximate surface area is 108 Å². The topological polar surface area (TPSA) is 0 Å². The van der Waals surface area contributed by atoms with Gasteiger partial charge in [0.05, 0.1) is 0 Å². The Bertz CT molecular complexity index is 182. The van der Waals surface area contributed by atoms with Gasteiger partial charge in [0.15, 0.2) is 0 Å². The fourth-order valence-corrected chi connectivity index (χ4v) is 8.94. The first-order chi connectivity index (χ1) is 6.41. The van der Waals surface area contributed by atoms with E-state index in [2.05, 4.69) is 0 Å². The molecule has 0 saturated heterocycles. The number of rotatable bonds is 5. The predicted octanol–water partition coefficient (Wildman–Crippen LogP) is 5.41. The van der Waals surface area contributed by atoms with Gasteiger partial charge < -0.3 is 0 Å². The Morgan fingerprint density at radius 3 is 1.73 bits per heavy atom. The van der Waals surface area contributed by atoms with Crippen LogP contribution in [0.4, 0.5) is 13.2 Å². The van der Waals surface area contributed by atoms with E-state index in [0.717, 1.165) is 0 Å². The van der Waals surface area contributed by atoms with Crippen LogP contribution >= 0.6 is 44.3 Å². The van der Waals surface area contributed by atoms with Gasteiger partial charge in [0.2, 0.25) is 6.69 Å². The standard InChI is InChI=1S/C6H11Cl4F3Si2/c1-14(7,8)4-5-15(9,10)3-2-6(11,12)13/h2-5H2,1H3. The highest BCUT2D eigenvalue weighted by atomic mass is 35.7. The summed E-state index contributed by atoms with van der Waals surface area (Å²) >= 11 is 23.3. The van der Waals surface area contributed by atoms with Crippen LogP contribution in [0, 0.1) is 0 Å². The van der Waals surface area contributed by atoms with Gasteiger partial charge in [0.1, 0.15) is 0 Å². The Morgan fingerprint density at radius 2 is 1.40 bits per heavy atom. The molecule has 15 heavy (non-hydrogen) atoms. The SMILES string of the molecule is C[Si](Cl)(Cl)CC[Si](Cl)(Cl)CCC(F)(F)F. The maximum absolute atomic E-state index is 11.9. The molecule has 0 nitrogen and oxygen atoms in total. The normalized spacial score (nSPS) is 14.4. The van der Waals surface area contributed by atoms with E-state index >= 15 is 0 Å². The summed E-state index contributed by atoms with van der Waals surface area (Å²) < 4.78 is 35.8. The van der Waals surface area contributed by atoms with Crippen molar-refractivity contribution in [1.29, 1.82) is 0 Å². The maximum Gasteiger partial charge on any atom is 0.388 e. The van der Waals surface area contributed by atoms with Crippen LogP contribution in [-0.4, -0.2) is 19.6 Å². The highest BCUT2D eigenvalue weighted by Gasteiger charge is 2.37. The second-order valence-electron chi connectivity index (χ2n) is 3.54. The van der Waals surface area contributed by atoms with Crippen molar-refractivity contribution in [3.8, 4) is 0 Å². The van der Waals surface area contributed by atoms with Gasteiger partial charge in [-0.25, -0.2) is 0 Å². The van der Waals surface area contributed by atoms with Crippen molar-refractivity contribution in [1.82, 2.24) is 0 Å². The molecule has 0 aliphatic heterocycles. The lowest BCUT2D eigenvalue weighted by molar-refractivity contribution is -0.130. The lowest BCUT2D eigenvalue weighted by atomic mass is 10.5. The van der Waals surface area contributed by atoms with Gasteiger partial charge >= 0.3 is 6.18 Å². The zero-order chi connectivity index (χ0) is 12.3. The molecule has 0 aliphatic rings. The van der Waals surface area contributed by atoms with E-state index in [1.165, 1.54) is 0 Å². The molecule has 0 N–H and O–H groups in total. The minimum atomic E-state index is -4.20. The highest BCUT2D eigenvalue weighted by molar-refractivity contribution is 7.48. The van der Waals surface area contributed by atoms with Gasteiger partial charge in [-0.05, 0) is 24.7 Å². The second kappa shape index (κ2) is 5.82. The van der Waals surface area contributed by atoms with Crippen molar-refractivity contribution in [2.75, 3.05) is 0 Å². The van der Waals surface area contributed by atoms with Crippen LogP contribution in [0.2, 0.25) is 24.7 Å². The largest absolute Gasteiger partial charge is 0.388 e. The molecule has 0 atom stereocenters. The summed E-state index contributed by atoms with van der Waals surface area (Å²) in [7, 11) is 0. The van der Waals surface area contributed by atoms with Gasteiger partial charge in [-0.3, -0.25) is 0 Å². The first-order valence-electron chi connectivity index (χ1n) is 4.24. The monoisotopic (exact) mass is 336 g/mol. The minimum Gasteiger partial charge on any atom is -0.171 e. The lowest BCUT2D eigenvalue weighted by Crippen LogP contribution is -2.25. The van der Waals surface area contributed by atoms with E-state index in [9.17, 15) is 13.2 Å². The molecule has 0 fully saturated rings. The minimum absolute atomic E-state index is 0.197. The van der Waals surface area contributed by atoms with E-state index in [1.54, 1.807) is 6.55 Å². The fraction of sp³-hybridized carbons (Fsp3) is 1.00. The highest BCUT2D eigenvalue weighted by Crippen LogP contribution is 2.36. The van der Waals surface area contributed by atoms with Crippen LogP contribution in [0.3, 0.4) is 0 Å². The maximum atomic E-state index is 11.9. The Kier molecular flexibility index (Phi) is 6.36. The van der Waals surface area contributed by atoms with Crippen LogP contribution in [0.25, 0.3) is 0 Å². The van der Waals surface area contributed by atoms with Crippen LogP contribution in [0.5, 0.6) is 0 Å². The van der Waals surface area contributed by atoms with E-state index in [-0.39, 0.29) is 6.04 Å². The molecule has 0 unspecified atom stereocenters. The average Bonchev–Trinajstić information content (AvgIpc) is 1.96. The molecule has 0 aromatic carbocycles. The van der Waals surface area contributed by atoms with Gasteiger partial charge in [-0.2, -0.15) is 13.2 Å². The third-order valence-corrected chi connectivity index (χ3v) is 8.70. The zero-order valence-electron chi connectivity index (χ0n) is 7.97. The average molecular weight is 338 g/mol. The quantitative estimate of drug-likeness (QED) is 0.465. The third-order valence-electron chi connectivity index (χ3n) is 1.70. The smallest absolute Gasteiger partial charge is 0.171 e. The summed E-state index contributed by atoms with van der Waals surface area (Å²) in [5.74, 6) is 0. The molecule has 92 valence electrons. The van der Waals surface area contributed by atoms with Gasteiger partial charge in [0, 0.05) is 6.42 Å². The van der Waals surface area contributed by atoms with Gasteiger partial charge in [0.25, 0.3) is 6.69 Å². The third kappa shape index (κ3) is 11.6. The van der Waals surface area contributed by atoms with Crippen LogP contribution in [0.15, 0.2) is 0 Å². The van der Waals surface area contributed by atoms with Crippen molar-refractivity contribution in [2.45, 2.75) is 37.3 Å². The van der Waals surface area contributed by atoms with Crippen LogP contribution in [-0.2, 0) is 0 Å². The molecule has 0 amide bonds. The number of hydrogen-bond donors (Lipinski definition) is 0. The van der Waals surface area contributed by atoms with Crippen molar-refractivity contribution < 1.29 is 13.2 Å². The molecule has 9 heteroatoms. The summed E-state index contributed by atoms with van der Waals surface area (Å²) in [5, 5.41) is 0. The van der Waals surface area contributed by atoms with Crippen molar-refractivity contribution in [2.24, 2.45) is 0 Å². The predicted molar refractivity (Wildman–Crippen MR) is 65.9 cm³/mol. The van der Waals surface area contributed by atoms with E-state index in [4.69, 9.17) is 44.3 Å². The molecule has 0 aromatic rings. The summed E-state index contributed by atoms with van der Waals surface area (Å²) in [6.07, 6.45) is -5.14. The summed E-state index contributed by atoms with van der Waals surface area (Å²) in [6, 6.07) is 0.562. The summed E-state index contributed by atoms with van der Waals surface area (Å²) in [4.78, 5) is 0. The fourth-order valence-electron chi connectivity index (χ4n) is 0.852. The summed E-state index contributed by atoms with van der Waals surface area (Å²) in [5.41, 5.74) is 0. The van der Waals surface area contributed by atoms with E-state index in [0.29, 0.717) is 12.1 Å². The molecular weight excluding hydrogens is 327 g/mol. The number of hydrogen-bond acceptors (Lipinski definition) is 0. The van der Waals surface area contributed by atoms with E-state index < -0.39 is 26.0 Å². The molecule has 0 aromatic heterocycles. The van der Waals surface area contributed by atoms with Crippen LogP contribution < -0.4 is 0 Å². The Balaban J connectivity index is 3.98. The summed E-state index contributed by atoms with van der Waals surface area (Å²) in [6.45, 7) is -3.45. The van der Waals surface area contributed by atoms with Crippen molar-refractivity contribution in [3.05, 3.63) is 0 Å². The molecule has 0 radical (unpaired) electrons. The van der Waals surface area contributed by atoms with Crippen LogP contribution in [0.1, 0.15) is 6.42 Å². The Hall–Kier alpha value is 1.38. The molecule has 0 saturated carbocycles. The molecule has 0 bridgehead atoms. The van der Waals surface area contributed by atoms with Gasteiger partial charge in [-0.1, -0.05) is 0 Å².